The molecule has 1 N–H and O–H groups in total. The van der Waals surface area contributed by atoms with Crippen molar-refractivity contribution in [2.75, 3.05) is 7.11 Å². The molecule has 0 aliphatic rings. The van der Waals surface area contributed by atoms with Gasteiger partial charge in [-0.3, -0.25) is 0 Å². The Morgan fingerprint density at radius 3 is 2.56 bits per heavy atom. The van der Waals surface area contributed by atoms with E-state index in [0.717, 1.165) is 5.56 Å². The molecule has 0 amide bonds. The van der Waals surface area contributed by atoms with Crippen molar-refractivity contribution >= 4 is 27.3 Å². The minimum Gasteiger partial charge on any atom is -0.598 e. The van der Waals surface area contributed by atoms with Crippen LogP contribution < -0.4 is 9.46 Å². The molecule has 0 bridgehead atoms. The van der Waals surface area contributed by atoms with Crippen molar-refractivity contribution in [3.05, 3.63) is 22.3 Å². The topological polar surface area (TPSA) is 57.2 Å². The van der Waals surface area contributed by atoms with E-state index in [1.807, 2.05) is 39.8 Å². The Bertz CT molecular complexity index is 410. The van der Waals surface area contributed by atoms with E-state index in [1.54, 1.807) is 7.11 Å². The van der Waals surface area contributed by atoms with Gasteiger partial charge in [0.05, 0.1) is 13.2 Å². The summed E-state index contributed by atoms with van der Waals surface area (Å²) in [6.07, 6.45) is 0. The van der Waals surface area contributed by atoms with Gasteiger partial charge in [-0.15, -0.1) is 4.72 Å². The quantitative estimate of drug-likeness (QED) is 0.679. The molecule has 0 spiro atoms. The summed E-state index contributed by atoms with van der Waals surface area (Å²) in [5, 5.41) is 0. The van der Waals surface area contributed by atoms with Crippen LogP contribution >= 0.6 is 15.9 Å². The molecule has 2 atom stereocenters. The summed E-state index contributed by atoms with van der Waals surface area (Å²) >= 11 is 2.17. The summed E-state index contributed by atoms with van der Waals surface area (Å²) in [6.45, 7) is 7.73. The van der Waals surface area contributed by atoms with Gasteiger partial charge in [0.25, 0.3) is 0 Å². The van der Waals surface area contributed by atoms with E-state index >= 15 is 0 Å². The first kappa shape index (κ1) is 15.8. The maximum absolute atomic E-state index is 12.0. The average Bonchev–Trinajstić information content (AvgIpc) is 2.27. The lowest BCUT2D eigenvalue weighted by Crippen LogP contribution is -2.40. The number of hydrogen-bond donors (Lipinski definition) is 1. The largest absolute Gasteiger partial charge is 0.598 e. The second-order valence-corrected chi connectivity index (χ2v) is 7.76. The number of ether oxygens (including phenoxy) is 1. The van der Waals surface area contributed by atoms with Crippen molar-refractivity contribution in [2.24, 2.45) is 0 Å². The maximum Gasteiger partial charge on any atom is 0.219 e. The normalized spacial score (nSPS) is 15.3. The highest BCUT2D eigenvalue weighted by molar-refractivity contribution is 9.10. The van der Waals surface area contributed by atoms with Gasteiger partial charge >= 0.3 is 0 Å². The van der Waals surface area contributed by atoms with Gasteiger partial charge in [-0.05, 0) is 55.8 Å². The lowest BCUT2D eigenvalue weighted by Gasteiger charge is -2.26. The molecule has 4 nitrogen and oxygen atoms in total. The van der Waals surface area contributed by atoms with E-state index in [2.05, 4.69) is 25.6 Å². The van der Waals surface area contributed by atoms with Crippen LogP contribution in [0.4, 0.5) is 0 Å². The summed E-state index contributed by atoms with van der Waals surface area (Å²) in [5.74, 6) is 0.537. The summed E-state index contributed by atoms with van der Waals surface area (Å²) in [5.41, 5.74) is 0.887. The second kappa shape index (κ2) is 6.23. The first-order valence-electron chi connectivity index (χ1n) is 5.64. The van der Waals surface area contributed by atoms with Crippen molar-refractivity contribution in [1.29, 1.82) is 0 Å². The third-order valence-corrected chi connectivity index (χ3v) is 4.48. The van der Waals surface area contributed by atoms with Crippen LogP contribution in [0, 0.1) is 0 Å². The molecule has 0 aliphatic carbocycles. The number of pyridine rings is 1. The van der Waals surface area contributed by atoms with Gasteiger partial charge in [0.15, 0.2) is 0 Å². The number of nitrogens with zero attached hydrogens (tertiary/aromatic N) is 1. The molecule has 0 saturated heterocycles. The average molecular weight is 335 g/mol. The fraction of sp³-hybridized carbons (Fsp3) is 0.583. The van der Waals surface area contributed by atoms with Crippen LogP contribution in [0.25, 0.3) is 0 Å². The second-order valence-electron chi connectivity index (χ2n) is 4.95. The number of methoxy groups -OCH3 is 1. The monoisotopic (exact) mass is 334 g/mol. The summed E-state index contributed by atoms with van der Waals surface area (Å²) in [4.78, 5) is 4.24. The Morgan fingerprint density at radius 1 is 1.44 bits per heavy atom. The zero-order chi connectivity index (χ0) is 13.9. The van der Waals surface area contributed by atoms with Crippen molar-refractivity contribution < 1.29 is 9.29 Å². The van der Waals surface area contributed by atoms with Gasteiger partial charge in [-0.1, -0.05) is 0 Å². The number of rotatable bonds is 4. The third kappa shape index (κ3) is 4.12. The SMILES string of the molecule is COc1nc(Br)ccc1C(C)N[S@+]([O-])C(C)(C)C. The molecule has 1 aromatic rings. The molecule has 0 fully saturated rings. The lowest BCUT2D eigenvalue weighted by atomic mass is 10.1. The minimum atomic E-state index is -1.13. The van der Waals surface area contributed by atoms with E-state index < -0.39 is 11.4 Å². The van der Waals surface area contributed by atoms with Crippen LogP contribution in [0.1, 0.15) is 39.3 Å². The molecule has 0 saturated carbocycles. The maximum atomic E-state index is 12.0. The van der Waals surface area contributed by atoms with E-state index in [0.29, 0.717) is 10.5 Å². The Balaban J connectivity index is 2.87. The molecule has 1 rings (SSSR count). The van der Waals surface area contributed by atoms with Gasteiger partial charge in [-0.2, -0.15) is 0 Å². The van der Waals surface area contributed by atoms with Crippen molar-refractivity contribution in [3.63, 3.8) is 0 Å². The summed E-state index contributed by atoms with van der Waals surface area (Å²) in [7, 11) is 1.58. The zero-order valence-electron chi connectivity index (χ0n) is 11.3. The van der Waals surface area contributed by atoms with Crippen LogP contribution in [0.5, 0.6) is 5.88 Å². The molecule has 6 heteroatoms. The molecule has 0 aliphatic heterocycles. The Kier molecular flexibility index (Phi) is 5.46. The van der Waals surface area contributed by atoms with Crippen molar-refractivity contribution in [3.8, 4) is 5.88 Å². The van der Waals surface area contributed by atoms with Gasteiger partial charge < -0.3 is 9.29 Å². The predicted molar refractivity (Wildman–Crippen MR) is 77.9 cm³/mol. The van der Waals surface area contributed by atoms with Crippen LogP contribution in [0.3, 0.4) is 0 Å². The Labute approximate surface area is 120 Å². The Morgan fingerprint density at radius 2 is 2.06 bits per heavy atom. The molecular weight excluding hydrogens is 316 g/mol. The highest BCUT2D eigenvalue weighted by Crippen LogP contribution is 2.27. The fourth-order valence-corrected chi connectivity index (χ4v) is 2.42. The van der Waals surface area contributed by atoms with Gasteiger partial charge in [-0.25, -0.2) is 4.98 Å². The highest BCUT2D eigenvalue weighted by Gasteiger charge is 2.29. The van der Waals surface area contributed by atoms with Gasteiger partial charge in [0, 0.05) is 16.9 Å². The van der Waals surface area contributed by atoms with E-state index in [-0.39, 0.29) is 10.8 Å². The molecular formula is C12H19BrN2O2S. The van der Waals surface area contributed by atoms with E-state index in [4.69, 9.17) is 4.74 Å². The van der Waals surface area contributed by atoms with Crippen molar-refractivity contribution in [2.45, 2.75) is 38.5 Å². The van der Waals surface area contributed by atoms with Crippen LogP contribution in [-0.4, -0.2) is 21.4 Å². The number of halogens is 1. The highest BCUT2D eigenvalue weighted by atomic mass is 79.9. The number of nitrogens with one attached hydrogen (secondary N) is 1. The fourth-order valence-electron chi connectivity index (χ4n) is 1.32. The zero-order valence-corrected chi connectivity index (χ0v) is 13.7. The first-order valence-corrected chi connectivity index (χ1v) is 7.58. The van der Waals surface area contributed by atoms with Crippen molar-refractivity contribution in [1.82, 2.24) is 9.71 Å². The van der Waals surface area contributed by atoms with E-state index in [9.17, 15) is 4.55 Å². The van der Waals surface area contributed by atoms with Gasteiger partial charge in [0.1, 0.15) is 9.35 Å². The lowest BCUT2D eigenvalue weighted by molar-refractivity contribution is 0.387. The third-order valence-electron chi connectivity index (χ3n) is 2.36. The molecule has 18 heavy (non-hydrogen) atoms. The van der Waals surface area contributed by atoms with Crippen LogP contribution in [0.15, 0.2) is 16.7 Å². The number of hydrogen-bond acceptors (Lipinski definition) is 4. The van der Waals surface area contributed by atoms with Crippen LogP contribution in [-0.2, 0) is 11.4 Å². The van der Waals surface area contributed by atoms with Gasteiger partial charge in [0.2, 0.25) is 5.88 Å². The first-order chi connectivity index (χ1) is 8.25. The molecule has 0 aromatic carbocycles. The summed E-state index contributed by atoms with van der Waals surface area (Å²) in [6, 6.07) is 3.66. The smallest absolute Gasteiger partial charge is 0.219 e. The molecule has 1 aromatic heterocycles. The standard InChI is InChI=1S/C12H19BrN2O2S/c1-8(15-18(16)12(2,3)4)9-6-7-10(13)14-11(9)17-5/h6-8,15H,1-5H3/t8?,18-/m1/s1. The van der Waals surface area contributed by atoms with Crippen LogP contribution in [0.2, 0.25) is 0 Å². The summed E-state index contributed by atoms with van der Waals surface area (Å²) < 4.78 is 20.8. The molecule has 1 unspecified atom stereocenters. The molecule has 0 radical (unpaired) electrons. The Hall–Kier alpha value is -0.300. The van der Waals surface area contributed by atoms with E-state index in [1.165, 1.54) is 0 Å². The molecule has 1 heterocycles. The predicted octanol–water partition coefficient (Wildman–Crippen LogP) is 2.97. The minimum absolute atomic E-state index is 0.0967. The number of aromatic nitrogens is 1. The molecule has 102 valence electrons.